The number of esters is 1. The van der Waals surface area contributed by atoms with Crippen LogP contribution in [0.3, 0.4) is 0 Å². The lowest BCUT2D eigenvalue weighted by Crippen LogP contribution is -2.16. The predicted molar refractivity (Wildman–Crippen MR) is 97.9 cm³/mol. The van der Waals surface area contributed by atoms with Crippen LogP contribution in [0.4, 0.5) is 5.69 Å². The van der Waals surface area contributed by atoms with E-state index in [2.05, 4.69) is 5.32 Å². The van der Waals surface area contributed by atoms with Crippen molar-refractivity contribution in [2.24, 2.45) is 0 Å². The third kappa shape index (κ3) is 3.26. The first-order valence-corrected chi connectivity index (χ1v) is 8.19. The van der Waals surface area contributed by atoms with Gasteiger partial charge in [-0.2, -0.15) is 0 Å². The van der Waals surface area contributed by atoms with E-state index in [0.717, 1.165) is 0 Å². The largest absolute Gasteiger partial charge is 0.497 e. The zero-order valence-electron chi connectivity index (χ0n) is 14.8. The molecule has 0 aliphatic heterocycles. The fraction of sp³-hybridized carbons (Fsp3) is 0.200. The smallest absolute Gasteiger partial charge is 0.340 e. The van der Waals surface area contributed by atoms with Gasteiger partial charge >= 0.3 is 5.97 Å². The van der Waals surface area contributed by atoms with Crippen molar-refractivity contribution in [2.45, 2.75) is 13.8 Å². The van der Waals surface area contributed by atoms with Crippen LogP contribution in [0.2, 0.25) is 0 Å². The summed E-state index contributed by atoms with van der Waals surface area (Å²) in [5.41, 5.74) is 1.67. The third-order valence-corrected chi connectivity index (χ3v) is 3.97. The van der Waals surface area contributed by atoms with E-state index in [1.807, 2.05) is 0 Å². The van der Waals surface area contributed by atoms with Crippen LogP contribution in [0.25, 0.3) is 11.0 Å². The van der Waals surface area contributed by atoms with E-state index in [9.17, 15) is 9.59 Å². The maximum atomic E-state index is 12.9. The van der Waals surface area contributed by atoms with Crippen LogP contribution in [-0.4, -0.2) is 25.6 Å². The van der Waals surface area contributed by atoms with E-state index < -0.39 is 5.97 Å². The summed E-state index contributed by atoms with van der Waals surface area (Å²) in [5.74, 6) is 0.253. The first-order chi connectivity index (χ1) is 12.5. The average Bonchev–Trinajstić information content (AvgIpc) is 2.97. The Morgan fingerprint density at radius 1 is 1.15 bits per heavy atom. The summed E-state index contributed by atoms with van der Waals surface area (Å²) in [6, 6.07) is 12.0. The molecule has 0 saturated heterocycles. The van der Waals surface area contributed by atoms with Crippen LogP contribution in [0, 0.1) is 6.92 Å². The van der Waals surface area contributed by atoms with Gasteiger partial charge in [-0.15, -0.1) is 0 Å². The number of aryl methyl sites for hydroxylation is 1. The number of ether oxygens (including phenoxy) is 2. The Bertz CT molecular complexity index is 973. The zero-order valence-corrected chi connectivity index (χ0v) is 14.8. The zero-order chi connectivity index (χ0) is 18.7. The summed E-state index contributed by atoms with van der Waals surface area (Å²) in [5, 5.41) is 3.43. The quantitative estimate of drug-likeness (QED) is 0.696. The van der Waals surface area contributed by atoms with Crippen molar-refractivity contribution in [3.63, 3.8) is 0 Å². The first-order valence-electron chi connectivity index (χ1n) is 8.19. The highest BCUT2D eigenvalue weighted by atomic mass is 16.5. The van der Waals surface area contributed by atoms with E-state index in [1.54, 1.807) is 63.4 Å². The van der Waals surface area contributed by atoms with Crippen LogP contribution in [0.15, 0.2) is 46.9 Å². The van der Waals surface area contributed by atoms with Gasteiger partial charge in [0.05, 0.1) is 30.5 Å². The average molecular weight is 353 g/mol. The molecular weight excluding hydrogens is 334 g/mol. The topological polar surface area (TPSA) is 77.8 Å². The van der Waals surface area contributed by atoms with Gasteiger partial charge in [0, 0.05) is 5.39 Å². The Labute approximate surface area is 150 Å². The molecule has 134 valence electrons. The molecule has 0 radical (unpaired) electrons. The van der Waals surface area contributed by atoms with E-state index in [-0.39, 0.29) is 12.5 Å². The van der Waals surface area contributed by atoms with Gasteiger partial charge in [-0.3, -0.25) is 4.79 Å². The SMILES string of the molecule is CCOC(=O)c1ccccc1NC(=O)c1c(C)oc2ccc(OC)cc12. The number of methoxy groups -OCH3 is 1. The van der Waals surface area contributed by atoms with Crippen molar-refractivity contribution in [1.82, 2.24) is 0 Å². The Hall–Kier alpha value is -3.28. The molecule has 0 aliphatic rings. The summed E-state index contributed by atoms with van der Waals surface area (Å²) in [4.78, 5) is 25.0. The lowest BCUT2D eigenvalue weighted by Gasteiger charge is -2.10. The lowest BCUT2D eigenvalue weighted by molar-refractivity contribution is 0.0527. The molecule has 0 fully saturated rings. The van der Waals surface area contributed by atoms with E-state index in [4.69, 9.17) is 13.9 Å². The van der Waals surface area contributed by atoms with E-state index >= 15 is 0 Å². The summed E-state index contributed by atoms with van der Waals surface area (Å²) < 4.78 is 15.9. The van der Waals surface area contributed by atoms with Crippen molar-refractivity contribution in [3.8, 4) is 5.75 Å². The van der Waals surface area contributed by atoms with E-state index in [0.29, 0.717) is 39.3 Å². The van der Waals surface area contributed by atoms with Crippen LogP contribution in [0.5, 0.6) is 5.75 Å². The van der Waals surface area contributed by atoms with Crippen LogP contribution in [-0.2, 0) is 4.74 Å². The Morgan fingerprint density at radius 2 is 1.92 bits per heavy atom. The Morgan fingerprint density at radius 3 is 2.65 bits per heavy atom. The number of hydrogen-bond acceptors (Lipinski definition) is 5. The molecule has 2 aromatic carbocycles. The van der Waals surface area contributed by atoms with Gasteiger partial charge in [0.2, 0.25) is 0 Å². The summed E-state index contributed by atoms with van der Waals surface area (Å²) in [6.07, 6.45) is 0. The second-order valence-electron chi connectivity index (χ2n) is 5.62. The number of furan rings is 1. The molecule has 0 atom stereocenters. The number of nitrogens with one attached hydrogen (secondary N) is 1. The molecule has 3 rings (SSSR count). The first kappa shape index (κ1) is 17.5. The predicted octanol–water partition coefficient (Wildman–Crippen LogP) is 4.18. The second-order valence-corrected chi connectivity index (χ2v) is 5.62. The molecule has 6 heteroatoms. The Balaban J connectivity index is 1.98. The lowest BCUT2D eigenvalue weighted by atomic mass is 10.1. The number of rotatable bonds is 5. The number of benzene rings is 2. The van der Waals surface area contributed by atoms with Crippen molar-refractivity contribution >= 4 is 28.5 Å². The maximum absolute atomic E-state index is 12.9. The van der Waals surface area contributed by atoms with Crippen LogP contribution in [0.1, 0.15) is 33.4 Å². The number of anilines is 1. The molecule has 26 heavy (non-hydrogen) atoms. The number of carbonyl (C=O) groups excluding carboxylic acids is 2. The molecule has 0 aliphatic carbocycles. The van der Waals surface area contributed by atoms with Crippen molar-refractivity contribution in [1.29, 1.82) is 0 Å². The molecule has 6 nitrogen and oxygen atoms in total. The second kappa shape index (κ2) is 7.31. The molecule has 1 amide bonds. The molecule has 0 saturated carbocycles. The minimum atomic E-state index is -0.487. The fourth-order valence-electron chi connectivity index (χ4n) is 2.77. The minimum absolute atomic E-state index is 0.256. The molecule has 1 N–H and O–H groups in total. The molecular formula is C20H19NO5. The normalized spacial score (nSPS) is 10.6. The molecule has 1 aromatic heterocycles. The molecule has 0 spiro atoms. The highest BCUT2D eigenvalue weighted by Gasteiger charge is 2.21. The molecule has 0 bridgehead atoms. The number of amides is 1. The number of fused-ring (bicyclic) bond motifs is 1. The molecule has 3 aromatic rings. The van der Waals surface area contributed by atoms with Gasteiger partial charge in [0.15, 0.2) is 0 Å². The number of carbonyl (C=O) groups is 2. The number of para-hydroxylation sites is 1. The van der Waals surface area contributed by atoms with Crippen molar-refractivity contribution < 1.29 is 23.5 Å². The van der Waals surface area contributed by atoms with Gasteiger partial charge in [0.25, 0.3) is 5.91 Å². The summed E-state index contributed by atoms with van der Waals surface area (Å²) in [7, 11) is 1.56. The highest BCUT2D eigenvalue weighted by Crippen LogP contribution is 2.30. The van der Waals surface area contributed by atoms with Gasteiger partial charge < -0.3 is 19.2 Å². The monoisotopic (exact) mass is 353 g/mol. The van der Waals surface area contributed by atoms with Crippen molar-refractivity contribution in [3.05, 3.63) is 59.4 Å². The minimum Gasteiger partial charge on any atom is -0.497 e. The van der Waals surface area contributed by atoms with Gasteiger partial charge in [-0.05, 0) is 44.2 Å². The highest BCUT2D eigenvalue weighted by molar-refractivity contribution is 6.15. The summed E-state index contributed by atoms with van der Waals surface area (Å²) >= 11 is 0. The molecule has 0 unspecified atom stereocenters. The van der Waals surface area contributed by atoms with Crippen LogP contribution < -0.4 is 10.1 Å². The fourth-order valence-corrected chi connectivity index (χ4v) is 2.77. The Kier molecular flexibility index (Phi) is 4.93. The standard InChI is InChI=1S/C20H19NO5/c1-4-25-20(23)14-7-5-6-8-16(14)21-19(22)18-12(2)26-17-10-9-13(24-3)11-15(17)18/h5-11H,4H2,1-3H3,(H,21,22). The van der Waals surface area contributed by atoms with Gasteiger partial charge in [-0.25, -0.2) is 4.79 Å². The van der Waals surface area contributed by atoms with Gasteiger partial charge in [-0.1, -0.05) is 12.1 Å². The third-order valence-electron chi connectivity index (χ3n) is 3.97. The summed E-state index contributed by atoms with van der Waals surface area (Å²) in [6.45, 7) is 3.71. The van der Waals surface area contributed by atoms with Gasteiger partial charge in [0.1, 0.15) is 17.1 Å². The van der Waals surface area contributed by atoms with E-state index in [1.165, 1.54) is 0 Å². The van der Waals surface area contributed by atoms with Crippen molar-refractivity contribution in [2.75, 3.05) is 19.0 Å². The van der Waals surface area contributed by atoms with Crippen LogP contribution >= 0.6 is 0 Å². The molecule has 1 heterocycles. The maximum Gasteiger partial charge on any atom is 0.340 e. The number of hydrogen-bond donors (Lipinski definition) is 1.